The lowest BCUT2D eigenvalue weighted by molar-refractivity contribution is -0.292. The van der Waals surface area contributed by atoms with Crippen molar-refractivity contribution in [1.29, 1.82) is 0 Å². The molecule has 59 heavy (non-hydrogen) atoms. The maximum atomic E-state index is 14.2. The second-order valence-electron chi connectivity index (χ2n) is 16.8. The number of Topliss-reactive ketones (excluding diaryl/α,β-unsaturated/α-hetero) is 3. The van der Waals surface area contributed by atoms with Crippen molar-refractivity contribution in [2.45, 2.75) is 151 Å². The summed E-state index contributed by atoms with van der Waals surface area (Å²) in [5.41, 5.74) is -8.13. The van der Waals surface area contributed by atoms with Gasteiger partial charge in [0.25, 0.3) is 0 Å². The number of hydrogen-bond donors (Lipinski definition) is 4. The van der Waals surface area contributed by atoms with Gasteiger partial charge in [0.1, 0.15) is 29.7 Å². The van der Waals surface area contributed by atoms with Crippen LogP contribution in [-0.4, -0.2) is 128 Å². The van der Waals surface area contributed by atoms with Crippen LogP contribution in [0.5, 0.6) is 5.75 Å². The van der Waals surface area contributed by atoms with Crippen molar-refractivity contribution in [3.63, 3.8) is 0 Å². The lowest BCUT2D eigenvalue weighted by Gasteiger charge is -2.53. The van der Waals surface area contributed by atoms with E-state index in [0.29, 0.717) is 12.8 Å². The van der Waals surface area contributed by atoms with Crippen LogP contribution >= 0.6 is 0 Å². The highest BCUT2D eigenvalue weighted by atomic mass is 16.7. The van der Waals surface area contributed by atoms with Gasteiger partial charge in [-0.05, 0) is 77.5 Å². The molecule has 16 heteroatoms. The number of ketones is 5. The molecule has 0 spiro atoms. The lowest BCUT2D eigenvalue weighted by Crippen LogP contribution is -2.69. The van der Waals surface area contributed by atoms with Crippen molar-refractivity contribution < 1.29 is 77.6 Å². The number of allylic oxidation sites excluding steroid dienone is 2. The van der Waals surface area contributed by atoms with E-state index in [9.17, 15) is 44.4 Å². The van der Waals surface area contributed by atoms with Crippen LogP contribution < -0.4 is 0 Å². The maximum absolute atomic E-state index is 14.2. The van der Waals surface area contributed by atoms with Crippen molar-refractivity contribution in [2.75, 3.05) is 0 Å². The molecule has 1 unspecified atom stereocenters. The normalized spacial score (nSPS) is 42.2. The Kier molecular flexibility index (Phi) is 10.7. The molecule has 7 aliphatic rings. The number of hydrogen-bond acceptors (Lipinski definition) is 16. The molecule has 4 heterocycles. The highest BCUT2D eigenvalue weighted by Crippen LogP contribution is 2.53. The molecule has 1 saturated carbocycles. The summed E-state index contributed by atoms with van der Waals surface area (Å²) < 4.78 is 41.8. The number of aliphatic hydroxyl groups is 3. The van der Waals surface area contributed by atoms with Crippen molar-refractivity contribution in [3.8, 4) is 5.75 Å². The van der Waals surface area contributed by atoms with E-state index in [1.54, 1.807) is 26.8 Å². The quantitative estimate of drug-likeness (QED) is 0.310. The van der Waals surface area contributed by atoms with Crippen LogP contribution in [0.1, 0.15) is 99.1 Å². The van der Waals surface area contributed by atoms with E-state index in [1.165, 1.54) is 37.3 Å². The van der Waals surface area contributed by atoms with Gasteiger partial charge in [0, 0.05) is 42.4 Å². The predicted octanol–water partition coefficient (Wildman–Crippen LogP) is 2.48. The average Bonchev–Trinajstić information content (AvgIpc) is 3.16. The molecule has 0 radical (unpaired) electrons. The maximum Gasteiger partial charge on any atom is 0.198 e. The van der Waals surface area contributed by atoms with Crippen molar-refractivity contribution in [2.24, 2.45) is 0 Å². The molecule has 4 N–H and O–H groups in total. The van der Waals surface area contributed by atoms with Crippen molar-refractivity contribution in [1.82, 2.24) is 0 Å². The number of benzene rings is 1. The Balaban J connectivity index is 0.953. The molecule has 16 nitrogen and oxygen atoms in total. The van der Waals surface area contributed by atoms with Gasteiger partial charge in [-0.1, -0.05) is 12.1 Å². The first-order valence-electron chi connectivity index (χ1n) is 19.9. The third-order valence-corrected chi connectivity index (χ3v) is 12.4. The summed E-state index contributed by atoms with van der Waals surface area (Å²) in [6.45, 7) is 8.26. The number of rotatable bonds is 7. The number of carbonyl (C=O) groups excluding carboxylic acids is 5. The van der Waals surface area contributed by atoms with E-state index in [2.05, 4.69) is 0 Å². The van der Waals surface area contributed by atoms with E-state index in [-0.39, 0.29) is 52.8 Å². The fraction of sp³-hybridized carbons (Fsp3) is 0.558. The summed E-state index contributed by atoms with van der Waals surface area (Å²) in [6, 6.07) is 2.67. The molecule has 1 aromatic rings. The topological polar surface area (TPSA) is 231 Å². The van der Waals surface area contributed by atoms with Crippen LogP contribution in [0.3, 0.4) is 0 Å². The third-order valence-electron chi connectivity index (χ3n) is 12.4. The van der Waals surface area contributed by atoms with E-state index < -0.39 is 113 Å². The zero-order valence-corrected chi connectivity index (χ0v) is 33.2. The SMILES string of the molecule is C[C@@H]1O[C@@H](O[C@H]2CCC(O[C@H]3[C@H](O)C[C@H](c4ccc5c(c4O)C(=O)C4=C(C5=O)[C@@]5(O)C(=O)C[C@](C)(O[C@H]6C=CC(=O)[C@H](C)O6)C[C@@]5(O)C=C4)O[C@@H]3C)O[C@H]2C)C=CC1=O. The molecule has 316 valence electrons. The van der Waals surface area contributed by atoms with Crippen LogP contribution in [0.4, 0.5) is 0 Å². The number of aromatic hydroxyl groups is 1. The van der Waals surface area contributed by atoms with Crippen molar-refractivity contribution >= 4 is 28.9 Å². The molecule has 0 amide bonds. The Morgan fingerprint density at radius 3 is 2.14 bits per heavy atom. The molecular formula is C43H48O16. The standard InChI is InChI=1S/C43H48O16/c1-19-26(44)8-11-32(54-19)57-29-10-13-33(56-21(29)3)58-40-22(4)53-30(16-28(40)46)23-6-7-24-35(37(23)48)38(49)25-14-15-42(51)18-41(5,59-34-12-9-27(45)20(2)55-34)17-31(47)43(42,52)36(25)39(24)50/h6-9,11-12,14-15,19-22,28-30,32-34,40,46,48,51-52H,10,13,16-18H2,1-5H3/t19-,20-,21-,22+,28+,29-,30+,32-,33?,34-,40+,41-,42-,43-/m0/s1. The first-order valence-corrected chi connectivity index (χ1v) is 19.9. The fourth-order valence-electron chi connectivity index (χ4n) is 9.31. The van der Waals surface area contributed by atoms with E-state index in [4.69, 9.17) is 33.2 Å². The highest BCUT2D eigenvalue weighted by Gasteiger charge is 2.67. The van der Waals surface area contributed by atoms with E-state index in [1.807, 2.05) is 6.92 Å². The Labute approximate surface area is 339 Å². The van der Waals surface area contributed by atoms with Gasteiger partial charge >= 0.3 is 0 Å². The van der Waals surface area contributed by atoms with Gasteiger partial charge in [-0.2, -0.15) is 0 Å². The third kappa shape index (κ3) is 7.12. The molecule has 14 atom stereocenters. The Bertz CT molecular complexity index is 2090. The summed E-state index contributed by atoms with van der Waals surface area (Å²) in [4.78, 5) is 66.0. The molecule has 0 aromatic heterocycles. The van der Waals surface area contributed by atoms with Crippen molar-refractivity contribution in [3.05, 3.63) is 76.4 Å². The van der Waals surface area contributed by atoms with Gasteiger partial charge in [-0.15, -0.1) is 0 Å². The molecule has 3 fully saturated rings. The zero-order valence-electron chi connectivity index (χ0n) is 33.2. The first-order chi connectivity index (χ1) is 27.8. The first kappa shape index (κ1) is 41.7. The lowest BCUT2D eigenvalue weighted by atomic mass is 9.57. The van der Waals surface area contributed by atoms with E-state index in [0.717, 1.165) is 12.2 Å². The summed E-state index contributed by atoms with van der Waals surface area (Å²) >= 11 is 0. The number of carbonyl (C=O) groups is 5. The minimum atomic E-state index is -2.83. The molecule has 2 saturated heterocycles. The Hall–Kier alpha value is -4.07. The van der Waals surface area contributed by atoms with Crippen LogP contribution in [0.15, 0.2) is 59.7 Å². The zero-order chi connectivity index (χ0) is 42.3. The summed E-state index contributed by atoms with van der Waals surface area (Å²) in [6.07, 6.45) is -0.0765. The molecule has 1 aromatic carbocycles. The van der Waals surface area contributed by atoms with E-state index >= 15 is 0 Å². The number of phenolic OH excluding ortho intramolecular Hbond substituents is 1. The van der Waals surface area contributed by atoms with Gasteiger partial charge < -0.3 is 53.6 Å². The predicted molar refractivity (Wildman–Crippen MR) is 201 cm³/mol. The minimum absolute atomic E-state index is 0.0490. The second-order valence-corrected chi connectivity index (χ2v) is 16.8. The van der Waals surface area contributed by atoms with Crippen LogP contribution in [-0.2, 0) is 47.5 Å². The number of aliphatic hydroxyl groups excluding tert-OH is 1. The van der Waals surface area contributed by atoms with Gasteiger partial charge in [0.05, 0.1) is 47.3 Å². The monoisotopic (exact) mass is 820 g/mol. The Morgan fingerprint density at radius 2 is 1.47 bits per heavy atom. The molecular weight excluding hydrogens is 772 g/mol. The van der Waals surface area contributed by atoms with Gasteiger partial charge in [-0.3, -0.25) is 24.0 Å². The fourth-order valence-corrected chi connectivity index (χ4v) is 9.31. The second kappa shape index (κ2) is 15.1. The molecule has 3 aliphatic carbocycles. The largest absolute Gasteiger partial charge is 0.507 e. The molecule has 8 rings (SSSR count). The molecule has 0 bridgehead atoms. The van der Waals surface area contributed by atoms with Crippen LogP contribution in [0, 0.1) is 0 Å². The minimum Gasteiger partial charge on any atom is -0.507 e. The average molecular weight is 821 g/mol. The van der Waals surface area contributed by atoms with Crippen LogP contribution in [0.2, 0.25) is 0 Å². The number of fused-ring (bicyclic) bond motifs is 3. The Morgan fingerprint density at radius 1 is 0.797 bits per heavy atom. The summed E-state index contributed by atoms with van der Waals surface area (Å²) in [5.74, 6) is -3.73. The smallest absolute Gasteiger partial charge is 0.198 e. The summed E-state index contributed by atoms with van der Waals surface area (Å²) in [5, 5.41) is 47.0. The van der Waals surface area contributed by atoms with Gasteiger partial charge in [-0.25, -0.2) is 0 Å². The number of ether oxygens (including phenoxy) is 7. The number of phenols is 1. The summed E-state index contributed by atoms with van der Waals surface area (Å²) in [7, 11) is 0. The highest BCUT2D eigenvalue weighted by molar-refractivity contribution is 6.32. The molecule has 4 aliphatic heterocycles. The van der Waals surface area contributed by atoms with Gasteiger partial charge in [0.15, 0.2) is 53.4 Å². The van der Waals surface area contributed by atoms with Gasteiger partial charge in [0.2, 0.25) is 0 Å². The van der Waals surface area contributed by atoms with Crippen LogP contribution in [0.25, 0.3) is 0 Å².